The van der Waals surface area contributed by atoms with Gasteiger partial charge in [-0.15, -0.1) is 5.10 Å². The number of carbonyl (C=O) groups is 1. The van der Waals surface area contributed by atoms with Gasteiger partial charge in [-0.2, -0.15) is 0 Å². The fraction of sp³-hybridized carbons (Fsp3) is 0.136. The van der Waals surface area contributed by atoms with E-state index < -0.39 is 5.91 Å². The molecule has 0 fully saturated rings. The van der Waals surface area contributed by atoms with Gasteiger partial charge in [-0.3, -0.25) is 4.79 Å². The van der Waals surface area contributed by atoms with Crippen molar-refractivity contribution in [3.8, 4) is 17.2 Å². The predicted molar refractivity (Wildman–Crippen MR) is 125 cm³/mol. The fourth-order valence-electron chi connectivity index (χ4n) is 2.99. The first kappa shape index (κ1) is 22.6. The van der Waals surface area contributed by atoms with Crippen LogP contribution in [0.15, 0.2) is 66.1 Å². The molecule has 1 amide bonds. The van der Waals surface area contributed by atoms with Crippen LogP contribution in [0.5, 0.6) is 11.5 Å². The molecule has 2 heterocycles. The quantitative estimate of drug-likeness (QED) is 0.293. The minimum absolute atomic E-state index is 0.183. The Morgan fingerprint density at radius 3 is 2.48 bits per heavy atom. The molecule has 0 bridgehead atoms. The van der Waals surface area contributed by atoms with Gasteiger partial charge in [0.25, 0.3) is 5.91 Å². The number of amides is 1. The van der Waals surface area contributed by atoms with Crippen molar-refractivity contribution in [3.05, 3.63) is 77.3 Å². The average Bonchev–Trinajstić information content (AvgIpc) is 3.27. The maximum absolute atomic E-state index is 13.1. The van der Waals surface area contributed by atoms with Crippen LogP contribution in [0.25, 0.3) is 5.69 Å². The molecule has 9 nitrogen and oxygen atoms in total. The van der Waals surface area contributed by atoms with Crippen LogP contribution >= 0.6 is 23.4 Å². The van der Waals surface area contributed by atoms with E-state index in [2.05, 4.69) is 25.6 Å². The number of ether oxygens (including phenoxy) is 2. The molecular weight excluding hydrogens is 464 g/mol. The monoisotopic (exact) mass is 482 g/mol. The zero-order valence-corrected chi connectivity index (χ0v) is 19.3. The molecule has 0 aliphatic heterocycles. The molecule has 1 N–H and O–H groups in total. The first-order valence-corrected chi connectivity index (χ1v) is 11.1. The van der Waals surface area contributed by atoms with Gasteiger partial charge in [-0.25, -0.2) is 14.6 Å². The molecule has 33 heavy (non-hydrogen) atoms. The lowest BCUT2D eigenvalue weighted by Crippen LogP contribution is -2.15. The predicted octanol–water partition coefficient (Wildman–Crippen LogP) is 4.27. The molecule has 168 valence electrons. The Hall–Kier alpha value is -3.63. The van der Waals surface area contributed by atoms with Crippen LogP contribution in [0.3, 0.4) is 0 Å². The van der Waals surface area contributed by atoms with Gasteiger partial charge in [0.1, 0.15) is 0 Å². The Kier molecular flexibility index (Phi) is 7.06. The first-order valence-electron chi connectivity index (χ1n) is 9.72. The van der Waals surface area contributed by atoms with Gasteiger partial charge in [-0.05, 0) is 42.5 Å². The average molecular weight is 483 g/mol. The molecule has 0 saturated carbocycles. The van der Waals surface area contributed by atoms with E-state index in [1.165, 1.54) is 18.9 Å². The molecule has 0 radical (unpaired) electrons. The van der Waals surface area contributed by atoms with Crippen molar-refractivity contribution < 1.29 is 14.3 Å². The van der Waals surface area contributed by atoms with E-state index >= 15 is 0 Å². The van der Waals surface area contributed by atoms with Crippen LogP contribution in [-0.2, 0) is 5.75 Å². The number of hydrogen-bond donors (Lipinski definition) is 1. The lowest BCUT2D eigenvalue weighted by Gasteiger charge is -2.11. The molecule has 4 rings (SSSR count). The van der Waals surface area contributed by atoms with Crippen LogP contribution in [0.2, 0.25) is 5.02 Å². The Labute approximate surface area is 199 Å². The van der Waals surface area contributed by atoms with Crippen LogP contribution in [0.1, 0.15) is 16.2 Å². The SMILES string of the molecule is COc1ccc(NC(=O)c2nnn(-c3ccc(Cl)cc3)c2CSc2ncccn2)cc1OC. The van der Waals surface area contributed by atoms with Gasteiger partial charge in [0.15, 0.2) is 22.3 Å². The molecule has 2 aromatic carbocycles. The molecule has 0 aliphatic rings. The Morgan fingerprint density at radius 1 is 1.06 bits per heavy atom. The molecule has 0 spiro atoms. The number of aromatic nitrogens is 5. The lowest BCUT2D eigenvalue weighted by atomic mass is 10.2. The third kappa shape index (κ3) is 5.24. The Bertz CT molecular complexity index is 1250. The number of carbonyl (C=O) groups excluding carboxylic acids is 1. The summed E-state index contributed by atoms with van der Waals surface area (Å²) >= 11 is 7.40. The van der Waals surface area contributed by atoms with E-state index in [1.807, 2.05) is 0 Å². The minimum atomic E-state index is -0.410. The maximum atomic E-state index is 13.1. The third-order valence-electron chi connectivity index (χ3n) is 4.57. The molecule has 0 aliphatic carbocycles. The highest BCUT2D eigenvalue weighted by Gasteiger charge is 2.22. The molecule has 11 heteroatoms. The lowest BCUT2D eigenvalue weighted by molar-refractivity contribution is 0.102. The highest BCUT2D eigenvalue weighted by Crippen LogP contribution is 2.30. The summed E-state index contributed by atoms with van der Waals surface area (Å²) in [4.78, 5) is 21.6. The van der Waals surface area contributed by atoms with Crippen molar-refractivity contribution in [2.24, 2.45) is 0 Å². The van der Waals surface area contributed by atoms with Crippen LogP contribution in [0.4, 0.5) is 5.69 Å². The summed E-state index contributed by atoms with van der Waals surface area (Å²) in [6, 6.07) is 14.0. The first-order chi connectivity index (χ1) is 16.1. The number of hydrogen-bond acceptors (Lipinski definition) is 8. The van der Waals surface area contributed by atoms with E-state index in [-0.39, 0.29) is 5.69 Å². The van der Waals surface area contributed by atoms with Gasteiger partial charge in [0, 0.05) is 34.9 Å². The van der Waals surface area contributed by atoms with Crippen molar-refractivity contribution in [2.75, 3.05) is 19.5 Å². The number of nitrogens with one attached hydrogen (secondary N) is 1. The van der Waals surface area contributed by atoms with Gasteiger partial charge in [0.05, 0.1) is 25.6 Å². The van der Waals surface area contributed by atoms with Crippen molar-refractivity contribution in [1.29, 1.82) is 0 Å². The molecule has 2 aromatic heterocycles. The number of methoxy groups -OCH3 is 2. The standard InChI is InChI=1S/C22H19ClN6O3S/c1-31-18-9-6-15(12-19(18)32-2)26-21(30)20-17(13-33-22-24-10-3-11-25-22)29(28-27-20)16-7-4-14(23)5-8-16/h3-12H,13H2,1-2H3,(H,26,30). The fourth-order valence-corrected chi connectivity index (χ4v) is 3.92. The second-order valence-corrected chi connectivity index (χ2v) is 8.00. The number of thioether (sulfide) groups is 1. The second kappa shape index (κ2) is 10.3. The summed E-state index contributed by atoms with van der Waals surface area (Å²) in [5.41, 5.74) is 2.03. The smallest absolute Gasteiger partial charge is 0.278 e. The number of anilines is 1. The summed E-state index contributed by atoms with van der Waals surface area (Å²) in [5, 5.41) is 12.4. The van der Waals surface area contributed by atoms with Crippen LogP contribution in [-0.4, -0.2) is 45.1 Å². The van der Waals surface area contributed by atoms with Crippen molar-refractivity contribution >= 4 is 35.0 Å². The van der Waals surface area contributed by atoms with E-state index in [9.17, 15) is 4.79 Å². The molecule has 0 atom stereocenters. The van der Waals surface area contributed by atoms with Gasteiger partial charge < -0.3 is 14.8 Å². The Balaban J connectivity index is 1.65. The highest BCUT2D eigenvalue weighted by atomic mass is 35.5. The van der Waals surface area contributed by atoms with Gasteiger partial charge >= 0.3 is 0 Å². The number of rotatable bonds is 8. The maximum Gasteiger partial charge on any atom is 0.278 e. The second-order valence-electron chi connectivity index (χ2n) is 6.62. The van der Waals surface area contributed by atoms with E-state index in [1.54, 1.807) is 72.7 Å². The zero-order chi connectivity index (χ0) is 23.2. The summed E-state index contributed by atoms with van der Waals surface area (Å²) < 4.78 is 12.2. The van der Waals surface area contributed by atoms with Gasteiger partial charge in [0.2, 0.25) is 0 Å². The molecule has 0 saturated heterocycles. The molecular formula is C22H19ClN6O3S. The molecule has 4 aromatic rings. The number of halogens is 1. The largest absolute Gasteiger partial charge is 0.493 e. The highest BCUT2D eigenvalue weighted by molar-refractivity contribution is 7.98. The topological polar surface area (TPSA) is 104 Å². The van der Waals surface area contributed by atoms with Crippen LogP contribution < -0.4 is 14.8 Å². The summed E-state index contributed by atoms with van der Waals surface area (Å²) in [5.74, 6) is 1.02. The van der Waals surface area contributed by atoms with E-state index in [0.29, 0.717) is 38.8 Å². The summed E-state index contributed by atoms with van der Waals surface area (Å²) in [7, 11) is 3.08. The minimum Gasteiger partial charge on any atom is -0.493 e. The summed E-state index contributed by atoms with van der Waals surface area (Å²) in [6.07, 6.45) is 3.32. The molecule has 0 unspecified atom stereocenters. The number of nitrogens with zero attached hydrogens (tertiary/aromatic N) is 5. The Morgan fingerprint density at radius 2 is 1.79 bits per heavy atom. The van der Waals surface area contributed by atoms with Crippen molar-refractivity contribution in [3.63, 3.8) is 0 Å². The summed E-state index contributed by atoms with van der Waals surface area (Å²) in [6.45, 7) is 0. The van der Waals surface area contributed by atoms with Crippen LogP contribution in [0, 0.1) is 0 Å². The normalized spacial score (nSPS) is 10.6. The van der Waals surface area contributed by atoms with Gasteiger partial charge in [-0.1, -0.05) is 28.6 Å². The zero-order valence-electron chi connectivity index (χ0n) is 17.7. The van der Waals surface area contributed by atoms with E-state index in [0.717, 1.165) is 5.69 Å². The van der Waals surface area contributed by atoms with Crippen molar-refractivity contribution in [2.45, 2.75) is 10.9 Å². The van der Waals surface area contributed by atoms with Crippen molar-refractivity contribution in [1.82, 2.24) is 25.0 Å². The number of benzene rings is 2. The third-order valence-corrected chi connectivity index (χ3v) is 5.71. The van der Waals surface area contributed by atoms with E-state index in [4.69, 9.17) is 21.1 Å².